The van der Waals surface area contributed by atoms with E-state index in [0.717, 1.165) is 0 Å². The molecule has 3 heterocycles. The molecule has 27 heavy (non-hydrogen) atoms. The van der Waals surface area contributed by atoms with Crippen molar-refractivity contribution in [3.05, 3.63) is 23.0 Å². The van der Waals surface area contributed by atoms with Crippen LogP contribution in [-0.2, 0) is 23.7 Å². The third-order valence-corrected chi connectivity index (χ3v) is 4.09. The molecule has 0 spiro atoms. The number of aromatic amines is 1. The largest absolute Gasteiger partial charge is 0.463 e. The van der Waals surface area contributed by atoms with Gasteiger partial charge in [-0.1, -0.05) is 0 Å². The van der Waals surface area contributed by atoms with E-state index in [-0.39, 0.29) is 17.7 Å². The maximum atomic E-state index is 11.9. The predicted octanol–water partition coefficient (Wildman–Crippen LogP) is -0.291. The van der Waals surface area contributed by atoms with Crippen LogP contribution in [0, 0.1) is 0 Å². The first-order valence-electron chi connectivity index (χ1n) is 8.56. The SMILES string of the molecule is CCOC1C(O[C@@H](C)O)C(COC(C)=O)OC1n1cnc2c(=O)[nH]cnc21. The number of fused-ring (bicyclic) bond motifs is 1. The molecule has 1 aliphatic rings. The van der Waals surface area contributed by atoms with Crippen LogP contribution in [0.25, 0.3) is 11.2 Å². The molecule has 1 fully saturated rings. The van der Waals surface area contributed by atoms with E-state index >= 15 is 0 Å². The Morgan fingerprint density at radius 2 is 2.22 bits per heavy atom. The summed E-state index contributed by atoms with van der Waals surface area (Å²) in [6.45, 7) is 4.84. The van der Waals surface area contributed by atoms with Crippen molar-refractivity contribution >= 4 is 17.1 Å². The van der Waals surface area contributed by atoms with E-state index < -0.39 is 36.8 Å². The van der Waals surface area contributed by atoms with Gasteiger partial charge in [0.15, 0.2) is 23.7 Å². The minimum absolute atomic E-state index is 0.0760. The Hall–Kier alpha value is -2.34. The maximum Gasteiger partial charge on any atom is 0.302 e. The van der Waals surface area contributed by atoms with Gasteiger partial charge in [-0.25, -0.2) is 9.97 Å². The van der Waals surface area contributed by atoms with E-state index in [0.29, 0.717) is 12.3 Å². The van der Waals surface area contributed by atoms with Gasteiger partial charge in [0.25, 0.3) is 5.56 Å². The first kappa shape index (κ1) is 19.4. The first-order chi connectivity index (χ1) is 12.9. The summed E-state index contributed by atoms with van der Waals surface area (Å²) in [6, 6.07) is 0. The Morgan fingerprint density at radius 3 is 2.89 bits per heavy atom. The Morgan fingerprint density at radius 1 is 1.44 bits per heavy atom. The summed E-state index contributed by atoms with van der Waals surface area (Å²) in [4.78, 5) is 33.8. The van der Waals surface area contributed by atoms with Crippen molar-refractivity contribution in [2.75, 3.05) is 13.2 Å². The number of aliphatic hydroxyl groups is 1. The Labute approximate surface area is 154 Å². The normalized spacial score (nSPS) is 26.4. The number of ether oxygens (including phenoxy) is 4. The van der Waals surface area contributed by atoms with Crippen molar-refractivity contribution in [1.82, 2.24) is 19.5 Å². The van der Waals surface area contributed by atoms with E-state index in [1.165, 1.54) is 26.5 Å². The summed E-state index contributed by atoms with van der Waals surface area (Å²) in [5.41, 5.74) is 0.100. The molecule has 2 N–H and O–H groups in total. The lowest BCUT2D eigenvalue weighted by Crippen LogP contribution is -2.40. The lowest BCUT2D eigenvalue weighted by Gasteiger charge is -2.25. The molecule has 0 saturated carbocycles. The van der Waals surface area contributed by atoms with E-state index in [4.69, 9.17) is 18.9 Å². The van der Waals surface area contributed by atoms with E-state index in [9.17, 15) is 14.7 Å². The van der Waals surface area contributed by atoms with Gasteiger partial charge >= 0.3 is 5.97 Å². The van der Waals surface area contributed by atoms with Crippen LogP contribution in [-0.4, -0.2) is 68.4 Å². The smallest absolute Gasteiger partial charge is 0.302 e. The summed E-state index contributed by atoms with van der Waals surface area (Å²) in [6.07, 6.45) is -1.18. The van der Waals surface area contributed by atoms with Gasteiger partial charge in [-0.15, -0.1) is 0 Å². The zero-order chi connectivity index (χ0) is 19.6. The third-order valence-electron chi connectivity index (χ3n) is 4.09. The molecular formula is C16H22N4O7. The zero-order valence-corrected chi connectivity index (χ0v) is 15.2. The molecule has 0 bridgehead atoms. The van der Waals surface area contributed by atoms with Gasteiger partial charge in [0.05, 0.1) is 12.7 Å². The van der Waals surface area contributed by atoms with Gasteiger partial charge in [-0.05, 0) is 13.8 Å². The highest BCUT2D eigenvalue weighted by Crippen LogP contribution is 2.35. The molecule has 1 aliphatic heterocycles. The number of hydrogen-bond donors (Lipinski definition) is 2. The zero-order valence-electron chi connectivity index (χ0n) is 15.2. The Kier molecular flexibility index (Phi) is 5.85. The number of H-pyrrole nitrogens is 1. The fourth-order valence-electron chi connectivity index (χ4n) is 3.08. The average molecular weight is 382 g/mol. The number of nitrogens with one attached hydrogen (secondary N) is 1. The molecule has 5 atom stereocenters. The van der Waals surface area contributed by atoms with Crippen LogP contribution in [0.15, 0.2) is 17.4 Å². The second-order valence-electron chi connectivity index (χ2n) is 6.04. The molecule has 0 amide bonds. The van der Waals surface area contributed by atoms with Gasteiger partial charge in [-0.2, -0.15) is 0 Å². The topological polar surface area (TPSA) is 138 Å². The monoisotopic (exact) mass is 382 g/mol. The molecule has 1 saturated heterocycles. The van der Waals surface area contributed by atoms with Crippen molar-refractivity contribution in [2.45, 2.75) is 51.6 Å². The number of aromatic nitrogens is 4. The molecule has 148 valence electrons. The lowest BCUT2D eigenvalue weighted by atomic mass is 10.1. The van der Waals surface area contributed by atoms with E-state index in [2.05, 4.69) is 15.0 Å². The first-order valence-corrected chi connectivity index (χ1v) is 8.56. The third kappa shape index (κ3) is 4.00. The number of nitrogens with zero attached hydrogens (tertiary/aromatic N) is 3. The molecule has 2 aromatic heterocycles. The molecule has 4 unspecified atom stereocenters. The van der Waals surface area contributed by atoms with Crippen LogP contribution in [0.5, 0.6) is 0 Å². The van der Waals surface area contributed by atoms with Crippen molar-refractivity contribution in [2.24, 2.45) is 0 Å². The molecular weight excluding hydrogens is 360 g/mol. The molecule has 2 aromatic rings. The van der Waals surface area contributed by atoms with Gasteiger partial charge < -0.3 is 29.0 Å². The highest BCUT2D eigenvalue weighted by Gasteiger charge is 2.48. The van der Waals surface area contributed by atoms with Crippen LogP contribution in [0.4, 0.5) is 0 Å². The fourth-order valence-corrected chi connectivity index (χ4v) is 3.08. The van der Waals surface area contributed by atoms with Crippen molar-refractivity contribution < 1.29 is 28.8 Å². The van der Waals surface area contributed by atoms with Gasteiger partial charge in [0.2, 0.25) is 0 Å². The standard InChI is InChI=1S/C16H22N4O7/c1-4-24-13-12(26-9(3)22)10(5-25-8(2)21)27-16(13)20-7-19-11-14(20)17-6-18-15(11)23/h6-7,9-10,12-13,16,22H,4-5H2,1-3H3,(H,17,18,23)/t9-,10?,12?,13?,16?/m0/s1. The number of carbonyl (C=O) groups excluding carboxylic acids is 1. The fraction of sp³-hybridized carbons (Fsp3) is 0.625. The Bertz CT molecular complexity index is 849. The van der Waals surface area contributed by atoms with E-state index in [1.54, 1.807) is 4.57 Å². The summed E-state index contributed by atoms with van der Waals surface area (Å²) >= 11 is 0. The van der Waals surface area contributed by atoms with Crippen molar-refractivity contribution in [3.8, 4) is 0 Å². The van der Waals surface area contributed by atoms with Crippen LogP contribution < -0.4 is 5.56 Å². The van der Waals surface area contributed by atoms with Crippen LogP contribution >= 0.6 is 0 Å². The maximum absolute atomic E-state index is 11.9. The van der Waals surface area contributed by atoms with Crippen LogP contribution in [0.1, 0.15) is 27.0 Å². The number of hydrogen-bond acceptors (Lipinski definition) is 9. The lowest BCUT2D eigenvalue weighted by molar-refractivity contribution is -0.172. The predicted molar refractivity (Wildman–Crippen MR) is 90.7 cm³/mol. The summed E-state index contributed by atoms with van der Waals surface area (Å²) in [5.74, 6) is -0.466. The number of esters is 1. The molecule has 0 aliphatic carbocycles. The second kappa shape index (κ2) is 8.13. The number of carbonyl (C=O) groups is 1. The molecule has 11 nitrogen and oxygen atoms in total. The van der Waals surface area contributed by atoms with Crippen LogP contribution in [0.2, 0.25) is 0 Å². The highest BCUT2D eigenvalue weighted by molar-refractivity contribution is 5.69. The number of aliphatic hydroxyl groups excluding tert-OH is 1. The summed E-state index contributed by atoms with van der Waals surface area (Å²) < 4.78 is 24.0. The Balaban J connectivity index is 1.97. The van der Waals surface area contributed by atoms with Gasteiger partial charge in [-0.3, -0.25) is 14.2 Å². The quantitative estimate of drug-likeness (QED) is 0.488. The molecule has 3 rings (SSSR count). The summed E-state index contributed by atoms with van der Waals surface area (Å²) in [7, 11) is 0. The van der Waals surface area contributed by atoms with E-state index in [1.807, 2.05) is 6.92 Å². The van der Waals surface area contributed by atoms with Crippen LogP contribution in [0.3, 0.4) is 0 Å². The minimum Gasteiger partial charge on any atom is -0.463 e. The number of imidazole rings is 1. The van der Waals surface area contributed by atoms with Gasteiger partial charge in [0.1, 0.15) is 24.9 Å². The summed E-state index contributed by atoms with van der Waals surface area (Å²) in [5, 5.41) is 9.70. The number of rotatable bonds is 7. The van der Waals surface area contributed by atoms with Crippen molar-refractivity contribution in [3.63, 3.8) is 0 Å². The minimum atomic E-state index is -1.08. The molecule has 0 aromatic carbocycles. The van der Waals surface area contributed by atoms with Gasteiger partial charge in [0, 0.05) is 13.5 Å². The molecule has 11 heteroatoms. The molecule has 0 radical (unpaired) electrons. The van der Waals surface area contributed by atoms with Crippen molar-refractivity contribution in [1.29, 1.82) is 0 Å². The average Bonchev–Trinajstić information content (AvgIpc) is 3.16. The highest BCUT2D eigenvalue weighted by atomic mass is 16.7. The second-order valence-corrected chi connectivity index (χ2v) is 6.04.